The fourth-order valence-electron chi connectivity index (χ4n) is 4.10. The molecule has 0 bridgehead atoms. The number of aliphatic imine (C=N–C) groups is 1. The fraction of sp³-hybridized carbons (Fsp3) is 0.591. The summed E-state index contributed by atoms with van der Waals surface area (Å²) < 4.78 is 0. The first kappa shape index (κ1) is 24.4. The monoisotopic (exact) mass is 526 g/mol. The highest BCUT2D eigenvalue weighted by Crippen LogP contribution is 2.24. The molecule has 1 fully saturated rings. The average molecular weight is 526 g/mol. The van der Waals surface area contributed by atoms with Gasteiger partial charge in [0.15, 0.2) is 5.96 Å². The topological polar surface area (TPSA) is 95.6 Å². The molecule has 0 radical (unpaired) electrons. The molecule has 2 aliphatic rings. The number of halogens is 1. The Kier molecular flexibility index (Phi) is 10.4. The molecule has 7 nitrogen and oxygen atoms in total. The van der Waals surface area contributed by atoms with Crippen molar-refractivity contribution in [3.8, 4) is 0 Å². The molecule has 1 saturated heterocycles. The summed E-state index contributed by atoms with van der Waals surface area (Å²) in [5.41, 5.74) is 8.15. The van der Waals surface area contributed by atoms with Crippen LogP contribution in [-0.2, 0) is 11.3 Å². The molecule has 4 N–H and O–H groups in total. The van der Waals surface area contributed by atoms with E-state index in [4.69, 9.17) is 5.73 Å². The van der Waals surface area contributed by atoms with Gasteiger partial charge >= 0.3 is 0 Å². The average Bonchev–Trinajstić information content (AvgIpc) is 2.77. The molecule has 0 unspecified atom stereocenters. The largest absolute Gasteiger partial charge is 0.369 e. The minimum atomic E-state index is -0.188. The van der Waals surface area contributed by atoms with Gasteiger partial charge in [0.1, 0.15) is 5.82 Å². The number of carbonyl (C=O) groups excluding carboxylic acids is 1. The molecule has 3 rings (SSSR count). The predicted octanol–water partition coefficient (Wildman–Crippen LogP) is 2.96. The normalized spacial score (nSPS) is 17.7. The van der Waals surface area contributed by atoms with Gasteiger partial charge < -0.3 is 21.3 Å². The van der Waals surface area contributed by atoms with E-state index in [1.165, 1.54) is 25.7 Å². The van der Waals surface area contributed by atoms with Crippen LogP contribution in [0.1, 0.15) is 50.5 Å². The third-order valence-electron chi connectivity index (χ3n) is 5.86. The number of piperidine rings is 1. The molecule has 2 heterocycles. The lowest BCUT2D eigenvalue weighted by molar-refractivity contribution is -0.122. The summed E-state index contributed by atoms with van der Waals surface area (Å²) in [6, 6.07) is 4.05. The second kappa shape index (κ2) is 12.8. The third-order valence-corrected chi connectivity index (χ3v) is 5.86. The van der Waals surface area contributed by atoms with Crippen molar-refractivity contribution in [1.29, 1.82) is 0 Å². The molecule has 1 amide bonds. The van der Waals surface area contributed by atoms with Crippen molar-refractivity contribution in [3.63, 3.8) is 0 Å². The molecule has 1 aromatic heterocycles. The summed E-state index contributed by atoms with van der Waals surface area (Å²) in [7, 11) is 1.80. The molecule has 1 aliphatic heterocycles. The number of aromatic nitrogens is 1. The first-order chi connectivity index (χ1) is 14.2. The molecule has 8 heteroatoms. The number of pyridine rings is 1. The van der Waals surface area contributed by atoms with Gasteiger partial charge in [-0.25, -0.2) is 4.98 Å². The second-order valence-electron chi connectivity index (χ2n) is 7.86. The van der Waals surface area contributed by atoms with Gasteiger partial charge in [0.05, 0.1) is 0 Å². The molecule has 0 saturated carbocycles. The maximum absolute atomic E-state index is 11.4. The number of hydrogen-bond donors (Lipinski definition) is 3. The Bertz CT molecular complexity index is 743. The van der Waals surface area contributed by atoms with Crippen LogP contribution >= 0.6 is 24.0 Å². The first-order valence-electron chi connectivity index (χ1n) is 10.8. The number of hydrogen-bond acceptors (Lipinski definition) is 4. The van der Waals surface area contributed by atoms with Gasteiger partial charge in [-0.05, 0) is 51.0 Å². The highest BCUT2D eigenvalue weighted by Gasteiger charge is 2.24. The van der Waals surface area contributed by atoms with Crippen LogP contribution in [0.2, 0.25) is 0 Å². The van der Waals surface area contributed by atoms with Gasteiger partial charge in [-0.3, -0.25) is 9.79 Å². The Balaban J connectivity index is 0.00000320. The van der Waals surface area contributed by atoms with E-state index in [1.807, 2.05) is 12.3 Å². The smallest absolute Gasteiger partial charge is 0.220 e. The van der Waals surface area contributed by atoms with E-state index in [2.05, 4.69) is 37.7 Å². The maximum atomic E-state index is 11.4. The summed E-state index contributed by atoms with van der Waals surface area (Å²) in [6.45, 7) is 3.16. The van der Waals surface area contributed by atoms with Gasteiger partial charge in [-0.15, -0.1) is 24.0 Å². The summed E-state index contributed by atoms with van der Waals surface area (Å²) in [5, 5.41) is 6.83. The van der Waals surface area contributed by atoms with Crippen molar-refractivity contribution in [1.82, 2.24) is 15.6 Å². The number of amides is 1. The SMILES string of the molecule is CN=C(NCCC1=CCCCC1)NCc1cccnc1N1CCC(C(N)=O)CC1.I. The minimum Gasteiger partial charge on any atom is -0.369 e. The number of anilines is 1. The zero-order valence-electron chi connectivity index (χ0n) is 17.9. The van der Waals surface area contributed by atoms with Gasteiger partial charge in [-0.2, -0.15) is 0 Å². The Morgan fingerprint density at radius 3 is 2.77 bits per heavy atom. The molecule has 1 aliphatic carbocycles. The van der Waals surface area contributed by atoms with E-state index in [1.54, 1.807) is 12.6 Å². The number of primary amides is 1. The lowest BCUT2D eigenvalue weighted by Gasteiger charge is -2.32. The van der Waals surface area contributed by atoms with E-state index >= 15 is 0 Å². The lowest BCUT2D eigenvalue weighted by atomic mass is 9.96. The minimum absolute atomic E-state index is 0. The Hall–Kier alpha value is -1.84. The van der Waals surface area contributed by atoms with Crippen LogP contribution in [0.5, 0.6) is 0 Å². The zero-order chi connectivity index (χ0) is 20.5. The number of carbonyl (C=O) groups is 1. The van der Waals surface area contributed by atoms with E-state index in [-0.39, 0.29) is 35.8 Å². The second-order valence-corrected chi connectivity index (χ2v) is 7.86. The van der Waals surface area contributed by atoms with Crippen LogP contribution in [0.3, 0.4) is 0 Å². The molecule has 30 heavy (non-hydrogen) atoms. The van der Waals surface area contributed by atoms with Crippen molar-refractivity contribution in [3.05, 3.63) is 35.5 Å². The van der Waals surface area contributed by atoms with Crippen LogP contribution in [0.15, 0.2) is 35.0 Å². The standard InChI is InChI=1S/C22H34N6O.HI/c1-24-22(26-13-9-17-6-3-2-4-7-17)27-16-19-8-5-12-25-21(19)28-14-10-18(11-15-28)20(23)29;/h5-6,8,12,18H,2-4,7,9-11,13-16H2,1H3,(H2,23,29)(H2,24,26,27);1H. The van der Waals surface area contributed by atoms with E-state index < -0.39 is 0 Å². The van der Waals surface area contributed by atoms with Gasteiger partial charge in [0.2, 0.25) is 5.91 Å². The van der Waals surface area contributed by atoms with Crippen LogP contribution in [0.25, 0.3) is 0 Å². The van der Waals surface area contributed by atoms with Crippen LogP contribution < -0.4 is 21.3 Å². The van der Waals surface area contributed by atoms with Gasteiger partial charge in [0, 0.05) is 50.9 Å². The van der Waals surface area contributed by atoms with Crippen molar-refractivity contribution >= 4 is 41.7 Å². The molecule has 166 valence electrons. The van der Waals surface area contributed by atoms with Crippen LogP contribution in [0, 0.1) is 5.92 Å². The number of nitrogens with zero attached hydrogens (tertiary/aromatic N) is 3. The highest BCUT2D eigenvalue weighted by molar-refractivity contribution is 14.0. The van der Waals surface area contributed by atoms with E-state index in [0.29, 0.717) is 6.54 Å². The molecule has 1 aromatic rings. The van der Waals surface area contributed by atoms with Crippen molar-refractivity contribution < 1.29 is 4.79 Å². The quantitative estimate of drug-likeness (QED) is 0.220. The number of rotatable bonds is 7. The summed E-state index contributed by atoms with van der Waals surface area (Å²) in [5.74, 6) is 1.58. The van der Waals surface area contributed by atoms with E-state index in [9.17, 15) is 4.79 Å². The maximum Gasteiger partial charge on any atom is 0.220 e. The van der Waals surface area contributed by atoms with E-state index in [0.717, 1.165) is 56.2 Å². The molecular weight excluding hydrogens is 491 g/mol. The van der Waals surface area contributed by atoms with Gasteiger partial charge in [0.25, 0.3) is 0 Å². The summed E-state index contributed by atoms with van der Waals surface area (Å²) >= 11 is 0. The Morgan fingerprint density at radius 2 is 2.10 bits per heavy atom. The number of allylic oxidation sites excluding steroid dienone is 1. The molecular formula is C22H35IN6O. The highest BCUT2D eigenvalue weighted by atomic mass is 127. The number of nitrogens with one attached hydrogen (secondary N) is 2. The van der Waals surface area contributed by atoms with Crippen molar-refractivity contribution in [2.24, 2.45) is 16.6 Å². The Labute approximate surface area is 197 Å². The van der Waals surface area contributed by atoms with Crippen molar-refractivity contribution in [2.75, 3.05) is 31.6 Å². The predicted molar refractivity (Wildman–Crippen MR) is 133 cm³/mol. The molecule has 0 atom stereocenters. The zero-order valence-corrected chi connectivity index (χ0v) is 20.2. The lowest BCUT2D eigenvalue weighted by Crippen LogP contribution is -2.40. The fourth-order valence-corrected chi connectivity index (χ4v) is 4.10. The van der Waals surface area contributed by atoms with Crippen LogP contribution in [-0.4, -0.2) is 43.5 Å². The summed E-state index contributed by atoms with van der Waals surface area (Å²) in [4.78, 5) is 22.6. The summed E-state index contributed by atoms with van der Waals surface area (Å²) in [6.07, 6.45) is 12.0. The molecule has 0 spiro atoms. The number of nitrogens with two attached hydrogens (primary N) is 1. The number of guanidine groups is 1. The van der Waals surface area contributed by atoms with Crippen LogP contribution in [0.4, 0.5) is 5.82 Å². The van der Waals surface area contributed by atoms with Gasteiger partial charge in [-0.1, -0.05) is 17.7 Å². The molecule has 0 aromatic carbocycles. The Morgan fingerprint density at radius 1 is 1.30 bits per heavy atom. The van der Waals surface area contributed by atoms with Crippen molar-refractivity contribution in [2.45, 2.75) is 51.5 Å². The first-order valence-corrected chi connectivity index (χ1v) is 10.8. The third kappa shape index (κ3) is 7.14.